The van der Waals surface area contributed by atoms with E-state index in [2.05, 4.69) is 0 Å². The number of rotatable bonds is 3. The van der Waals surface area contributed by atoms with E-state index in [4.69, 9.17) is 4.74 Å². The fraction of sp³-hybridized carbons (Fsp3) is 0.650. The molecule has 2 aliphatic heterocycles. The summed E-state index contributed by atoms with van der Waals surface area (Å²) in [6, 6.07) is 5.00. The number of piperidine rings is 2. The lowest BCUT2D eigenvalue weighted by atomic mass is 9.72. The van der Waals surface area contributed by atoms with Gasteiger partial charge in [-0.2, -0.15) is 4.31 Å². The topological polar surface area (TPSA) is 110 Å². The van der Waals surface area contributed by atoms with Gasteiger partial charge in [0.1, 0.15) is 5.60 Å². The van der Waals surface area contributed by atoms with Gasteiger partial charge in [-0.05, 0) is 64.0 Å². The first-order valence-electron chi connectivity index (χ1n) is 10.1. The van der Waals surface area contributed by atoms with Crippen molar-refractivity contribution in [3.8, 4) is 0 Å². The summed E-state index contributed by atoms with van der Waals surface area (Å²) in [5, 5.41) is 10.8. The van der Waals surface area contributed by atoms with Crippen LogP contribution in [0.25, 0.3) is 0 Å². The number of benzene rings is 1. The highest BCUT2D eigenvalue weighted by molar-refractivity contribution is 7.89. The fourth-order valence-corrected chi connectivity index (χ4v) is 5.52. The second kappa shape index (κ2) is 8.14. The largest absolute Gasteiger partial charge is 0.444 e. The molecule has 0 radical (unpaired) electrons. The number of ether oxygens (including phenoxy) is 1. The minimum absolute atomic E-state index is 0.0417. The lowest BCUT2D eigenvalue weighted by Crippen LogP contribution is -2.50. The number of nitro groups is 1. The molecule has 0 atom stereocenters. The van der Waals surface area contributed by atoms with Gasteiger partial charge in [-0.25, -0.2) is 13.2 Å². The Morgan fingerprint density at radius 1 is 1.03 bits per heavy atom. The SMILES string of the molecule is CC(C)(C)OC(=O)N1CCC2(CC1)CCN(S(=O)(=O)c1ccc([N+](=O)[O-])cc1)CC2. The van der Waals surface area contributed by atoms with Gasteiger partial charge in [-0.1, -0.05) is 0 Å². The Labute approximate surface area is 177 Å². The molecule has 10 heteroatoms. The quantitative estimate of drug-likeness (QED) is 0.527. The van der Waals surface area contributed by atoms with Crippen LogP contribution >= 0.6 is 0 Å². The standard InChI is InChI=1S/C20H29N3O6S/c1-19(2,3)29-18(24)21-12-8-20(9-13-21)10-14-22(15-11-20)30(27,28)17-6-4-16(5-7-17)23(25)26/h4-7H,8-15H2,1-3H3. The first kappa shape index (κ1) is 22.5. The molecule has 2 saturated heterocycles. The van der Waals surface area contributed by atoms with Gasteiger partial charge in [-0.15, -0.1) is 0 Å². The summed E-state index contributed by atoms with van der Waals surface area (Å²) >= 11 is 0. The zero-order chi connectivity index (χ0) is 22.2. The number of carbonyl (C=O) groups excluding carboxylic acids is 1. The number of non-ortho nitro benzene ring substituents is 1. The molecule has 2 aliphatic rings. The predicted octanol–water partition coefficient (Wildman–Crippen LogP) is 3.40. The molecule has 1 spiro atoms. The first-order chi connectivity index (χ1) is 13.9. The van der Waals surface area contributed by atoms with Crippen molar-refractivity contribution >= 4 is 21.8 Å². The average Bonchev–Trinajstić information content (AvgIpc) is 2.67. The molecule has 1 amide bonds. The van der Waals surface area contributed by atoms with E-state index in [1.165, 1.54) is 28.6 Å². The Morgan fingerprint density at radius 3 is 2.00 bits per heavy atom. The molecule has 9 nitrogen and oxygen atoms in total. The molecular formula is C20H29N3O6S. The van der Waals surface area contributed by atoms with E-state index in [9.17, 15) is 23.3 Å². The van der Waals surface area contributed by atoms with Crippen LogP contribution in [0.5, 0.6) is 0 Å². The number of carbonyl (C=O) groups is 1. The van der Waals surface area contributed by atoms with E-state index < -0.39 is 20.5 Å². The highest BCUT2D eigenvalue weighted by Gasteiger charge is 2.41. The second-order valence-corrected chi connectivity index (χ2v) is 11.1. The highest BCUT2D eigenvalue weighted by Crippen LogP contribution is 2.42. The number of hydrogen-bond donors (Lipinski definition) is 0. The van der Waals surface area contributed by atoms with Gasteiger partial charge in [0.2, 0.25) is 10.0 Å². The maximum Gasteiger partial charge on any atom is 0.410 e. The monoisotopic (exact) mass is 439 g/mol. The summed E-state index contributed by atoms with van der Waals surface area (Å²) in [5.41, 5.74) is -0.618. The normalized spacial score (nSPS) is 20.2. The minimum atomic E-state index is -3.68. The van der Waals surface area contributed by atoms with E-state index in [0.29, 0.717) is 26.2 Å². The molecule has 3 rings (SSSR count). The van der Waals surface area contributed by atoms with Crippen molar-refractivity contribution in [2.75, 3.05) is 26.2 Å². The lowest BCUT2D eigenvalue weighted by molar-refractivity contribution is -0.384. The van der Waals surface area contributed by atoms with E-state index in [1.807, 2.05) is 20.8 Å². The van der Waals surface area contributed by atoms with Crippen LogP contribution in [0.3, 0.4) is 0 Å². The van der Waals surface area contributed by atoms with Crippen molar-refractivity contribution in [3.05, 3.63) is 34.4 Å². The maximum atomic E-state index is 12.9. The molecule has 2 heterocycles. The number of sulfonamides is 1. The zero-order valence-corrected chi connectivity index (χ0v) is 18.5. The van der Waals surface area contributed by atoms with Crippen molar-refractivity contribution in [1.82, 2.24) is 9.21 Å². The predicted molar refractivity (Wildman–Crippen MR) is 111 cm³/mol. The Hall–Kier alpha value is -2.20. The Kier molecular flexibility index (Phi) is 6.10. The van der Waals surface area contributed by atoms with Gasteiger partial charge in [0, 0.05) is 38.3 Å². The molecule has 30 heavy (non-hydrogen) atoms. The van der Waals surface area contributed by atoms with Crippen molar-refractivity contribution in [2.24, 2.45) is 5.41 Å². The summed E-state index contributed by atoms with van der Waals surface area (Å²) in [7, 11) is -3.68. The number of nitro benzene ring substituents is 1. The van der Waals surface area contributed by atoms with Crippen LogP contribution < -0.4 is 0 Å². The molecule has 1 aromatic carbocycles. The number of likely N-dealkylation sites (tertiary alicyclic amines) is 1. The van der Waals surface area contributed by atoms with E-state index in [1.54, 1.807) is 4.90 Å². The smallest absolute Gasteiger partial charge is 0.410 e. The Bertz CT molecular complexity index is 889. The molecule has 166 valence electrons. The van der Waals surface area contributed by atoms with Crippen LogP contribution in [-0.4, -0.2) is 60.4 Å². The van der Waals surface area contributed by atoms with Crippen LogP contribution in [0.15, 0.2) is 29.2 Å². The van der Waals surface area contributed by atoms with Gasteiger partial charge in [0.05, 0.1) is 9.82 Å². The number of hydrogen-bond acceptors (Lipinski definition) is 6. The summed E-state index contributed by atoms with van der Waals surface area (Å²) in [6.45, 7) is 7.58. The third-order valence-electron chi connectivity index (χ3n) is 5.94. The molecule has 0 unspecified atom stereocenters. The second-order valence-electron chi connectivity index (χ2n) is 9.12. The molecule has 0 aliphatic carbocycles. The van der Waals surface area contributed by atoms with Crippen molar-refractivity contribution < 1.29 is 22.9 Å². The fourth-order valence-electron chi connectivity index (χ4n) is 4.08. The lowest BCUT2D eigenvalue weighted by Gasteiger charge is -2.46. The first-order valence-corrected chi connectivity index (χ1v) is 11.6. The van der Waals surface area contributed by atoms with Gasteiger partial charge in [0.15, 0.2) is 0 Å². The molecule has 0 N–H and O–H groups in total. The molecule has 0 aromatic heterocycles. The van der Waals surface area contributed by atoms with Crippen LogP contribution in [-0.2, 0) is 14.8 Å². The van der Waals surface area contributed by atoms with Crippen molar-refractivity contribution in [3.63, 3.8) is 0 Å². The van der Waals surface area contributed by atoms with E-state index >= 15 is 0 Å². The van der Waals surface area contributed by atoms with Gasteiger partial charge in [-0.3, -0.25) is 10.1 Å². The zero-order valence-electron chi connectivity index (χ0n) is 17.7. The van der Waals surface area contributed by atoms with Crippen LogP contribution in [0, 0.1) is 15.5 Å². The third-order valence-corrected chi connectivity index (χ3v) is 7.86. The van der Waals surface area contributed by atoms with Crippen LogP contribution in [0.2, 0.25) is 0 Å². The van der Waals surface area contributed by atoms with Gasteiger partial charge < -0.3 is 9.64 Å². The van der Waals surface area contributed by atoms with Crippen molar-refractivity contribution in [1.29, 1.82) is 0 Å². The average molecular weight is 440 g/mol. The summed E-state index contributed by atoms with van der Waals surface area (Å²) < 4.78 is 32.7. The highest BCUT2D eigenvalue weighted by atomic mass is 32.2. The van der Waals surface area contributed by atoms with Crippen LogP contribution in [0.4, 0.5) is 10.5 Å². The molecule has 1 aromatic rings. The summed E-state index contributed by atoms with van der Waals surface area (Å²) in [4.78, 5) is 24.3. The van der Waals surface area contributed by atoms with Crippen LogP contribution in [0.1, 0.15) is 46.5 Å². The Morgan fingerprint density at radius 2 is 1.53 bits per heavy atom. The molecule has 0 bridgehead atoms. The minimum Gasteiger partial charge on any atom is -0.444 e. The Balaban J connectivity index is 1.58. The summed E-state index contributed by atoms with van der Waals surface area (Å²) in [5.74, 6) is 0. The van der Waals surface area contributed by atoms with Gasteiger partial charge >= 0.3 is 6.09 Å². The number of nitrogens with zero attached hydrogens (tertiary/aromatic N) is 3. The third kappa shape index (κ3) is 4.92. The number of amides is 1. The van der Waals surface area contributed by atoms with Crippen molar-refractivity contribution in [2.45, 2.75) is 57.0 Å². The molecule has 0 saturated carbocycles. The summed E-state index contributed by atoms with van der Waals surface area (Å²) in [6.07, 6.45) is 2.84. The molecule has 2 fully saturated rings. The van der Waals surface area contributed by atoms with Gasteiger partial charge in [0.25, 0.3) is 5.69 Å². The maximum absolute atomic E-state index is 12.9. The van der Waals surface area contributed by atoms with E-state index in [0.717, 1.165) is 25.7 Å². The van der Waals surface area contributed by atoms with E-state index in [-0.39, 0.29) is 22.1 Å². The molecular weight excluding hydrogens is 410 g/mol.